The van der Waals surface area contributed by atoms with E-state index in [9.17, 15) is 14.4 Å². The number of imide groups is 1. The third-order valence-corrected chi connectivity index (χ3v) is 9.40. The van der Waals surface area contributed by atoms with Crippen molar-refractivity contribution >= 4 is 50.7 Å². The summed E-state index contributed by atoms with van der Waals surface area (Å²) >= 11 is 7.95. The number of allylic oxidation sites excluding steroid dienone is 2. The van der Waals surface area contributed by atoms with Gasteiger partial charge >= 0.3 is 0 Å². The van der Waals surface area contributed by atoms with E-state index in [4.69, 9.17) is 11.6 Å². The summed E-state index contributed by atoms with van der Waals surface area (Å²) in [4.78, 5) is 44.1. The number of thiophene rings is 1. The van der Waals surface area contributed by atoms with E-state index in [-0.39, 0.29) is 41.4 Å². The van der Waals surface area contributed by atoms with Crippen molar-refractivity contribution in [2.75, 3.05) is 39.3 Å². The first-order valence-electron chi connectivity index (χ1n) is 11.4. The van der Waals surface area contributed by atoms with E-state index in [1.54, 1.807) is 0 Å². The first kappa shape index (κ1) is 20.4. The highest BCUT2D eigenvalue weighted by molar-refractivity contribution is 7.21. The van der Waals surface area contributed by atoms with Crippen LogP contribution in [-0.4, -0.2) is 66.8 Å². The van der Waals surface area contributed by atoms with Gasteiger partial charge in [-0.3, -0.25) is 19.3 Å². The van der Waals surface area contributed by atoms with Crippen molar-refractivity contribution < 1.29 is 19.3 Å². The van der Waals surface area contributed by atoms with Crippen molar-refractivity contribution in [2.24, 2.45) is 23.7 Å². The van der Waals surface area contributed by atoms with Gasteiger partial charge in [0.25, 0.3) is 5.91 Å². The fourth-order valence-electron chi connectivity index (χ4n) is 6.03. The molecule has 0 radical (unpaired) electrons. The standard InChI is InChI=1S/C24H24ClN3O3S/c25-20-16-3-1-2-4-17(16)32-21(20)24(31)27-10-7-26(8-11-27)9-12-28-22(29)18-14-5-6-15(13-14)19(18)23(28)30/h1-6,14-15,18-19H,7-13H2/p+1/t14-,15+,18-,19+. The first-order valence-corrected chi connectivity index (χ1v) is 12.6. The van der Waals surface area contributed by atoms with E-state index >= 15 is 0 Å². The summed E-state index contributed by atoms with van der Waals surface area (Å²) in [7, 11) is 0. The summed E-state index contributed by atoms with van der Waals surface area (Å²) in [6.45, 7) is 4.15. The lowest BCUT2D eigenvalue weighted by Gasteiger charge is -2.32. The molecule has 8 heteroatoms. The summed E-state index contributed by atoms with van der Waals surface area (Å²) in [6, 6.07) is 7.82. The van der Waals surface area contributed by atoms with Crippen molar-refractivity contribution in [1.29, 1.82) is 0 Å². The van der Waals surface area contributed by atoms with Gasteiger partial charge in [-0.05, 0) is 24.3 Å². The number of carbonyl (C=O) groups is 3. The molecular formula is C24H25ClN3O3S+. The number of rotatable bonds is 4. The fourth-order valence-corrected chi connectivity index (χ4v) is 7.51. The largest absolute Gasteiger partial charge is 0.331 e. The fraction of sp³-hybridized carbons (Fsp3) is 0.458. The number of carbonyl (C=O) groups excluding carboxylic acids is 3. The predicted octanol–water partition coefficient (Wildman–Crippen LogP) is 1.70. The maximum atomic E-state index is 13.1. The van der Waals surface area contributed by atoms with Gasteiger partial charge in [0, 0.05) is 10.1 Å². The molecule has 2 aliphatic heterocycles. The average Bonchev–Trinajstić information content (AvgIpc) is 3.56. The van der Waals surface area contributed by atoms with Crippen molar-refractivity contribution in [2.45, 2.75) is 6.42 Å². The zero-order valence-corrected chi connectivity index (χ0v) is 19.2. The van der Waals surface area contributed by atoms with Gasteiger partial charge in [0.1, 0.15) is 4.88 Å². The molecule has 3 fully saturated rings. The van der Waals surface area contributed by atoms with Gasteiger partial charge in [0.2, 0.25) is 11.8 Å². The maximum Gasteiger partial charge on any atom is 0.265 e. The highest BCUT2D eigenvalue weighted by Gasteiger charge is 2.59. The Kier molecular flexibility index (Phi) is 4.89. The third kappa shape index (κ3) is 3.05. The van der Waals surface area contributed by atoms with Crippen LogP contribution < -0.4 is 4.90 Å². The van der Waals surface area contributed by atoms with Crippen LogP contribution >= 0.6 is 22.9 Å². The lowest BCUT2D eigenvalue weighted by atomic mass is 9.85. The second-order valence-corrected chi connectivity index (χ2v) is 10.8. The first-order chi connectivity index (χ1) is 15.5. The zero-order chi connectivity index (χ0) is 22.0. The Hall–Kier alpha value is -2.22. The Morgan fingerprint density at radius 2 is 1.72 bits per heavy atom. The number of nitrogens with zero attached hydrogens (tertiary/aromatic N) is 2. The average molecular weight is 471 g/mol. The molecule has 3 amide bonds. The minimum Gasteiger partial charge on any atom is -0.331 e. The number of amides is 3. The molecule has 0 spiro atoms. The van der Waals surface area contributed by atoms with Gasteiger partial charge in [0.15, 0.2) is 0 Å². The van der Waals surface area contributed by atoms with Crippen molar-refractivity contribution in [3.8, 4) is 0 Å². The summed E-state index contributed by atoms with van der Waals surface area (Å²) in [5, 5.41) is 1.48. The molecule has 6 rings (SSSR count). The molecule has 6 nitrogen and oxygen atoms in total. The minimum absolute atomic E-state index is 0.00375. The second-order valence-electron chi connectivity index (χ2n) is 9.36. The van der Waals surface area contributed by atoms with Crippen LogP contribution in [0, 0.1) is 23.7 Å². The van der Waals surface area contributed by atoms with Crippen LogP contribution in [0.2, 0.25) is 5.02 Å². The van der Waals surface area contributed by atoms with Gasteiger partial charge in [-0.2, -0.15) is 0 Å². The topological polar surface area (TPSA) is 62.1 Å². The molecule has 4 atom stereocenters. The number of hydrogen-bond acceptors (Lipinski definition) is 4. The molecule has 2 aromatic rings. The summed E-state index contributed by atoms with van der Waals surface area (Å²) in [6.07, 6.45) is 5.22. The molecule has 2 saturated heterocycles. The van der Waals surface area contributed by atoms with Crippen LogP contribution in [0.1, 0.15) is 16.1 Å². The molecule has 2 bridgehead atoms. The molecule has 2 aliphatic carbocycles. The number of piperazine rings is 1. The molecule has 1 N–H and O–H groups in total. The van der Waals surface area contributed by atoms with E-state index in [0.717, 1.165) is 36.1 Å². The van der Waals surface area contributed by atoms with Crippen molar-refractivity contribution in [3.05, 3.63) is 46.3 Å². The van der Waals surface area contributed by atoms with Gasteiger partial charge in [-0.25, -0.2) is 0 Å². The normalized spacial score (nSPS) is 29.5. The Bertz CT molecular complexity index is 1120. The molecule has 1 aromatic heterocycles. The molecule has 32 heavy (non-hydrogen) atoms. The quantitative estimate of drug-likeness (QED) is 0.546. The van der Waals surface area contributed by atoms with Crippen molar-refractivity contribution in [1.82, 2.24) is 9.80 Å². The van der Waals surface area contributed by atoms with Gasteiger partial charge < -0.3 is 9.80 Å². The number of fused-ring (bicyclic) bond motifs is 6. The Labute approximate surface area is 195 Å². The second kappa shape index (κ2) is 7.68. The molecule has 0 unspecified atom stereocenters. The highest BCUT2D eigenvalue weighted by atomic mass is 35.5. The van der Waals surface area contributed by atoms with Crippen molar-refractivity contribution in [3.63, 3.8) is 0 Å². The number of hydrogen-bond donors (Lipinski definition) is 1. The smallest absolute Gasteiger partial charge is 0.265 e. The number of halogens is 1. The predicted molar refractivity (Wildman–Crippen MR) is 123 cm³/mol. The van der Waals surface area contributed by atoms with Crippen LogP contribution in [0.25, 0.3) is 10.1 Å². The SMILES string of the molecule is O=C(c1sc2ccccc2c1Cl)N1CC[NH+](CCN2C(=O)[C@@H]3[C@H](C2=O)[C@@H]2C=C[C@H]3C2)CC1. The maximum absolute atomic E-state index is 13.1. The lowest BCUT2D eigenvalue weighted by Crippen LogP contribution is -3.15. The highest BCUT2D eigenvalue weighted by Crippen LogP contribution is 2.52. The van der Waals surface area contributed by atoms with Crippen LogP contribution in [0.4, 0.5) is 0 Å². The lowest BCUT2D eigenvalue weighted by molar-refractivity contribution is -0.903. The van der Waals surface area contributed by atoms with Gasteiger partial charge in [-0.15, -0.1) is 11.3 Å². The number of likely N-dealkylation sites (tertiary alicyclic amines) is 1. The Balaban J connectivity index is 1.05. The molecule has 4 aliphatic rings. The molecular weight excluding hydrogens is 446 g/mol. The van der Waals surface area contributed by atoms with E-state index in [0.29, 0.717) is 29.5 Å². The van der Waals surface area contributed by atoms with E-state index in [2.05, 4.69) is 12.2 Å². The molecule has 1 saturated carbocycles. The number of quaternary nitrogens is 1. The monoisotopic (exact) mass is 470 g/mol. The summed E-state index contributed by atoms with van der Waals surface area (Å²) in [5.74, 6) is 0.342. The van der Waals surface area contributed by atoms with Gasteiger partial charge in [0.05, 0.1) is 56.1 Å². The molecule has 3 heterocycles. The van der Waals surface area contributed by atoms with Crippen LogP contribution in [0.3, 0.4) is 0 Å². The van der Waals surface area contributed by atoms with E-state index < -0.39 is 0 Å². The minimum atomic E-state index is -0.118. The summed E-state index contributed by atoms with van der Waals surface area (Å²) in [5.41, 5.74) is 0. The van der Waals surface area contributed by atoms with E-state index in [1.807, 2.05) is 29.2 Å². The number of nitrogens with one attached hydrogen (secondary N) is 1. The number of benzene rings is 1. The zero-order valence-electron chi connectivity index (χ0n) is 17.6. The molecule has 1 aromatic carbocycles. The van der Waals surface area contributed by atoms with Crippen LogP contribution in [0.15, 0.2) is 36.4 Å². The third-order valence-electron chi connectivity index (χ3n) is 7.74. The molecule has 166 valence electrons. The summed E-state index contributed by atoms with van der Waals surface area (Å²) < 4.78 is 1.03. The Morgan fingerprint density at radius 1 is 1.06 bits per heavy atom. The van der Waals surface area contributed by atoms with Crippen LogP contribution in [-0.2, 0) is 9.59 Å². The van der Waals surface area contributed by atoms with Gasteiger partial charge in [-0.1, -0.05) is 42.0 Å². The van der Waals surface area contributed by atoms with E-state index in [1.165, 1.54) is 21.1 Å². The Morgan fingerprint density at radius 3 is 2.38 bits per heavy atom. The van der Waals surface area contributed by atoms with Crippen LogP contribution in [0.5, 0.6) is 0 Å².